The standard InChI is InChI=1S/C20H21N7/c1-27-6-4-15(5-7-27)25-20-23-11-17-16(10-22-19(17)26-20)13-2-3-18-14(8-13)9-21-12-24-18/h2-3,8-12,15H,4-7H2,1H3,(H2,22,23,25,26). The molecule has 1 aromatic carbocycles. The van der Waals surface area contributed by atoms with E-state index in [0.717, 1.165) is 59.0 Å². The van der Waals surface area contributed by atoms with Gasteiger partial charge in [-0.05, 0) is 50.7 Å². The molecule has 7 heteroatoms. The Hall–Kier alpha value is -3.06. The summed E-state index contributed by atoms with van der Waals surface area (Å²) in [7, 11) is 2.16. The van der Waals surface area contributed by atoms with Crippen molar-refractivity contribution in [2.75, 3.05) is 25.5 Å². The average Bonchev–Trinajstić information content (AvgIpc) is 3.12. The Morgan fingerprint density at radius 3 is 2.93 bits per heavy atom. The molecule has 1 fully saturated rings. The van der Waals surface area contributed by atoms with Crippen LogP contribution in [0, 0.1) is 0 Å². The molecule has 7 nitrogen and oxygen atoms in total. The Morgan fingerprint density at radius 1 is 1.15 bits per heavy atom. The summed E-state index contributed by atoms with van der Waals surface area (Å²) in [4.78, 5) is 23.3. The van der Waals surface area contributed by atoms with Crippen LogP contribution in [0.5, 0.6) is 0 Å². The van der Waals surface area contributed by atoms with Crippen molar-refractivity contribution in [1.82, 2.24) is 29.8 Å². The minimum Gasteiger partial charge on any atom is -0.351 e. The first-order chi connectivity index (χ1) is 13.3. The normalized spacial score (nSPS) is 16.2. The van der Waals surface area contributed by atoms with Crippen LogP contribution >= 0.6 is 0 Å². The molecular weight excluding hydrogens is 338 g/mol. The Morgan fingerprint density at radius 2 is 2.04 bits per heavy atom. The zero-order valence-corrected chi connectivity index (χ0v) is 15.2. The molecule has 0 bridgehead atoms. The molecule has 1 aliphatic heterocycles. The van der Waals surface area contributed by atoms with Crippen LogP contribution < -0.4 is 5.32 Å². The molecule has 0 saturated carbocycles. The molecule has 3 aromatic heterocycles. The van der Waals surface area contributed by atoms with E-state index in [9.17, 15) is 0 Å². The van der Waals surface area contributed by atoms with Gasteiger partial charge >= 0.3 is 0 Å². The second kappa shape index (κ2) is 6.59. The predicted octanol–water partition coefficient (Wildman–Crippen LogP) is 3.07. The summed E-state index contributed by atoms with van der Waals surface area (Å²) in [5.41, 5.74) is 3.97. The van der Waals surface area contributed by atoms with Gasteiger partial charge in [0.05, 0.1) is 5.52 Å². The molecule has 4 heterocycles. The maximum Gasteiger partial charge on any atom is 0.224 e. The molecule has 2 N–H and O–H groups in total. The van der Waals surface area contributed by atoms with Crippen LogP contribution in [0.4, 0.5) is 5.95 Å². The summed E-state index contributed by atoms with van der Waals surface area (Å²) in [6, 6.07) is 6.63. The molecular formula is C20H21N7. The van der Waals surface area contributed by atoms with Gasteiger partial charge in [0.25, 0.3) is 0 Å². The van der Waals surface area contributed by atoms with Gasteiger partial charge in [-0.3, -0.25) is 0 Å². The number of anilines is 1. The Bertz CT molecular complexity index is 1100. The maximum absolute atomic E-state index is 4.68. The smallest absolute Gasteiger partial charge is 0.224 e. The molecule has 4 aromatic rings. The number of rotatable bonds is 3. The fourth-order valence-corrected chi connectivity index (χ4v) is 3.70. The highest BCUT2D eigenvalue weighted by Gasteiger charge is 2.18. The predicted molar refractivity (Wildman–Crippen MR) is 107 cm³/mol. The quantitative estimate of drug-likeness (QED) is 0.585. The van der Waals surface area contributed by atoms with Gasteiger partial charge in [0, 0.05) is 41.0 Å². The third kappa shape index (κ3) is 3.10. The van der Waals surface area contributed by atoms with Crippen molar-refractivity contribution in [3.63, 3.8) is 0 Å². The largest absolute Gasteiger partial charge is 0.351 e. The van der Waals surface area contributed by atoms with E-state index in [1.807, 2.05) is 24.7 Å². The lowest BCUT2D eigenvalue weighted by atomic mass is 10.0. The summed E-state index contributed by atoms with van der Waals surface area (Å²) in [6.07, 6.45) is 9.53. The summed E-state index contributed by atoms with van der Waals surface area (Å²) >= 11 is 0. The van der Waals surface area contributed by atoms with Crippen molar-refractivity contribution in [2.24, 2.45) is 0 Å². The number of piperidine rings is 1. The first-order valence-corrected chi connectivity index (χ1v) is 9.25. The van der Waals surface area contributed by atoms with E-state index in [2.05, 4.69) is 54.3 Å². The molecule has 136 valence electrons. The second-order valence-electron chi connectivity index (χ2n) is 7.18. The number of hydrogen-bond acceptors (Lipinski definition) is 6. The number of fused-ring (bicyclic) bond motifs is 2. The molecule has 0 unspecified atom stereocenters. The number of benzene rings is 1. The summed E-state index contributed by atoms with van der Waals surface area (Å²) < 4.78 is 0. The van der Waals surface area contributed by atoms with Crippen LogP contribution in [-0.2, 0) is 0 Å². The Balaban J connectivity index is 1.44. The number of nitrogens with one attached hydrogen (secondary N) is 2. The molecule has 5 rings (SSSR count). The van der Waals surface area contributed by atoms with Crippen LogP contribution in [0.15, 0.2) is 43.1 Å². The van der Waals surface area contributed by atoms with Gasteiger partial charge in [-0.15, -0.1) is 0 Å². The minimum atomic E-state index is 0.438. The highest BCUT2D eigenvalue weighted by molar-refractivity contribution is 5.96. The van der Waals surface area contributed by atoms with Gasteiger partial charge in [0.1, 0.15) is 12.0 Å². The number of likely N-dealkylation sites (tertiary alicyclic amines) is 1. The van der Waals surface area contributed by atoms with Crippen molar-refractivity contribution < 1.29 is 0 Å². The SMILES string of the molecule is CN1CCC(Nc2ncc3c(-c4ccc5ncncc5c4)c[nH]c3n2)CC1. The lowest BCUT2D eigenvalue weighted by Gasteiger charge is -2.29. The molecule has 0 radical (unpaired) electrons. The second-order valence-corrected chi connectivity index (χ2v) is 7.18. The van der Waals surface area contributed by atoms with Gasteiger partial charge < -0.3 is 15.2 Å². The van der Waals surface area contributed by atoms with Crippen molar-refractivity contribution in [2.45, 2.75) is 18.9 Å². The zero-order valence-electron chi connectivity index (χ0n) is 15.2. The topological polar surface area (TPSA) is 82.6 Å². The molecule has 0 atom stereocenters. The molecule has 0 amide bonds. The number of aromatic amines is 1. The van der Waals surface area contributed by atoms with E-state index < -0.39 is 0 Å². The van der Waals surface area contributed by atoms with Gasteiger partial charge in [-0.1, -0.05) is 6.07 Å². The first-order valence-electron chi connectivity index (χ1n) is 9.25. The number of hydrogen-bond donors (Lipinski definition) is 2. The first kappa shape index (κ1) is 16.1. The van der Waals surface area contributed by atoms with Crippen LogP contribution in [0.25, 0.3) is 33.1 Å². The van der Waals surface area contributed by atoms with Gasteiger partial charge in [-0.25, -0.2) is 15.0 Å². The zero-order chi connectivity index (χ0) is 18.2. The van der Waals surface area contributed by atoms with Gasteiger partial charge in [0.2, 0.25) is 5.95 Å². The molecule has 0 spiro atoms. The summed E-state index contributed by atoms with van der Waals surface area (Å²) in [5, 5.41) is 5.51. The van der Waals surface area contributed by atoms with Crippen LogP contribution in [0.2, 0.25) is 0 Å². The molecule has 0 aliphatic carbocycles. The summed E-state index contributed by atoms with van der Waals surface area (Å²) in [5.74, 6) is 0.692. The fraction of sp³-hybridized carbons (Fsp3) is 0.300. The molecule has 1 saturated heterocycles. The lowest BCUT2D eigenvalue weighted by molar-refractivity contribution is 0.263. The number of aromatic nitrogens is 5. The van der Waals surface area contributed by atoms with Crippen LogP contribution in [0.1, 0.15) is 12.8 Å². The van der Waals surface area contributed by atoms with Crippen LogP contribution in [0.3, 0.4) is 0 Å². The van der Waals surface area contributed by atoms with E-state index in [1.54, 1.807) is 6.33 Å². The highest BCUT2D eigenvalue weighted by Crippen LogP contribution is 2.29. The van der Waals surface area contributed by atoms with E-state index in [-0.39, 0.29) is 0 Å². The monoisotopic (exact) mass is 359 g/mol. The Labute approximate surface area is 156 Å². The van der Waals surface area contributed by atoms with Crippen molar-refractivity contribution in [3.05, 3.63) is 43.1 Å². The van der Waals surface area contributed by atoms with E-state index in [0.29, 0.717) is 12.0 Å². The van der Waals surface area contributed by atoms with Crippen molar-refractivity contribution in [1.29, 1.82) is 0 Å². The maximum atomic E-state index is 4.68. The third-order valence-electron chi connectivity index (χ3n) is 5.30. The third-order valence-corrected chi connectivity index (χ3v) is 5.30. The lowest BCUT2D eigenvalue weighted by Crippen LogP contribution is -2.37. The van der Waals surface area contributed by atoms with Crippen LogP contribution in [-0.4, -0.2) is 56.0 Å². The van der Waals surface area contributed by atoms with Crippen molar-refractivity contribution in [3.8, 4) is 11.1 Å². The van der Waals surface area contributed by atoms with E-state index in [1.165, 1.54) is 0 Å². The fourth-order valence-electron chi connectivity index (χ4n) is 3.70. The Kier molecular flexibility index (Phi) is 3.94. The molecule has 27 heavy (non-hydrogen) atoms. The van der Waals surface area contributed by atoms with E-state index >= 15 is 0 Å². The van der Waals surface area contributed by atoms with Gasteiger partial charge in [-0.2, -0.15) is 4.98 Å². The summed E-state index contributed by atoms with van der Waals surface area (Å²) in [6.45, 7) is 2.22. The number of nitrogens with zero attached hydrogens (tertiary/aromatic N) is 5. The highest BCUT2D eigenvalue weighted by atomic mass is 15.2. The van der Waals surface area contributed by atoms with Gasteiger partial charge in [0.15, 0.2) is 0 Å². The van der Waals surface area contributed by atoms with E-state index in [4.69, 9.17) is 0 Å². The number of H-pyrrole nitrogens is 1. The molecule has 1 aliphatic rings. The average molecular weight is 359 g/mol. The minimum absolute atomic E-state index is 0.438. The van der Waals surface area contributed by atoms with Crippen molar-refractivity contribution >= 4 is 27.9 Å².